The van der Waals surface area contributed by atoms with Crippen molar-refractivity contribution < 1.29 is 33.4 Å². The lowest BCUT2D eigenvalue weighted by molar-refractivity contribution is -0.137. The van der Waals surface area contributed by atoms with Crippen LogP contribution in [0.3, 0.4) is 0 Å². The predicted octanol–water partition coefficient (Wildman–Crippen LogP) is 5.07. The van der Waals surface area contributed by atoms with Gasteiger partial charge in [-0.2, -0.15) is 0 Å². The standard InChI is InChI=1S/C31H36ClF2N3O5/c1-16(2)9-21(35-30(41)23-12-20(32)15-37(5)31(23)42)13-26(38)36-25(14-27(39)40)22-10-19(11-24(33)29(22)34)28-17(3)7-6-8-18(28)4/h6-8,10-12,15-16,21,25,31,42H,9,13-14H2,1-5H3,(H,35,41)(H,36,38)(H,39,40)/t21-,25-,31?/m0/s1. The zero-order valence-electron chi connectivity index (χ0n) is 24.2. The van der Waals surface area contributed by atoms with E-state index in [1.165, 1.54) is 23.2 Å². The number of benzene rings is 2. The molecule has 0 aromatic heterocycles. The minimum atomic E-state index is -1.38. The molecule has 0 bridgehead atoms. The second-order valence-corrected chi connectivity index (χ2v) is 11.4. The summed E-state index contributed by atoms with van der Waals surface area (Å²) in [5.74, 6) is -4.99. The van der Waals surface area contributed by atoms with Crippen molar-refractivity contribution in [3.63, 3.8) is 0 Å². The van der Waals surface area contributed by atoms with Crippen LogP contribution < -0.4 is 10.6 Å². The SMILES string of the molecule is Cc1cccc(C)c1-c1cc(F)c(F)c([C@H](CC(=O)O)NC(=O)C[C@H](CC(C)C)NC(=O)C2=CC(Cl)=CN(C)C2O)c1. The van der Waals surface area contributed by atoms with Gasteiger partial charge in [0.1, 0.15) is 0 Å². The highest BCUT2D eigenvalue weighted by Gasteiger charge is 2.29. The smallest absolute Gasteiger partial charge is 0.305 e. The van der Waals surface area contributed by atoms with Crippen molar-refractivity contribution in [2.75, 3.05) is 7.05 Å². The molecule has 2 aromatic carbocycles. The highest BCUT2D eigenvalue weighted by atomic mass is 35.5. The van der Waals surface area contributed by atoms with Gasteiger partial charge in [-0.05, 0) is 66.6 Å². The van der Waals surface area contributed by atoms with Crippen molar-refractivity contribution >= 4 is 29.4 Å². The number of hydrogen-bond donors (Lipinski definition) is 4. The Bertz CT molecular complexity index is 1410. The number of likely N-dealkylation sites (N-methyl/N-ethyl adjacent to an activating group) is 1. The van der Waals surface area contributed by atoms with Crippen molar-refractivity contribution in [1.29, 1.82) is 0 Å². The molecular weight excluding hydrogens is 568 g/mol. The molecule has 0 spiro atoms. The van der Waals surface area contributed by atoms with Crippen LogP contribution in [-0.2, 0) is 14.4 Å². The van der Waals surface area contributed by atoms with Crippen molar-refractivity contribution in [2.24, 2.45) is 5.92 Å². The van der Waals surface area contributed by atoms with E-state index in [-0.39, 0.29) is 28.5 Å². The molecule has 11 heteroatoms. The number of aliphatic carboxylic acids is 1. The second-order valence-electron chi connectivity index (χ2n) is 11.0. The molecule has 1 unspecified atom stereocenters. The van der Waals surface area contributed by atoms with Crippen LogP contribution >= 0.6 is 11.6 Å². The van der Waals surface area contributed by atoms with E-state index in [4.69, 9.17) is 11.6 Å². The molecule has 1 aliphatic rings. The van der Waals surface area contributed by atoms with Crippen LogP contribution in [0.1, 0.15) is 55.8 Å². The van der Waals surface area contributed by atoms with E-state index < -0.39 is 54.2 Å². The van der Waals surface area contributed by atoms with E-state index in [2.05, 4.69) is 10.6 Å². The molecule has 42 heavy (non-hydrogen) atoms. The predicted molar refractivity (Wildman–Crippen MR) is 156 cm³/mol. The molecule has 2 amide bonds. The van der Waals surface area contributed by atoms with Crippen molar-refractivity contribution in [2.45, 2.75) is 65.3 Å². The molecule has 0 saturated heterocycles. The van der Waals surface area contributed by atoms with Crippen LogP contribution in [0.4, 0.5) is 8.78 Å². The third-order valence-corrected chi connectivity index (χ3v) is 7.19. The van der Waals surface area contributed by atoms with E-state index in [1.807, 2.05) is 45.9 Å². The van der Waals surface area contributed by atoms with Gasteiger partial charge in [-0.3, -0.25) is 14.4 Å². The maximum atomic E-state index is 15.1. The summed E-state index contributed by atoms with van der Waals surface area (Å²) >= 11 is 6.05. The Morgan fingerprint density at radius 3 is 2.31 bits per heavy atom. The summed E-state index contributed by atoms with van der Waals surface area (Å²) in [6.45, 7) is 7.44. The molecule has 1 heterocycles. The lowest BCUT2D eigenvalue weighted by Gasteiger charge is -2.29. The van der Waals surface area contributed by atoms with Crippen molar-refractivity contribution in [3.8, 4) is 11.1 Å². The molecule has 1 aliphatic heterocycles. The molecule has 2 aromatic rings. The molecule has 3 rings (SSSR count). The summed E-state index contributed by atoms with van der Waals surface area (Å²) in [4.78, 5) is 39.3. The Balaban J connectivity index is 1.88. The van der Waals surface area contributed by atoms with E-state index in [0.717, 1.165) is 17.2 Å². The molecule has 3 atom stereocenters. The summed E-state index contributed by atoms with van der Waals surface area (Å²) in [6, 6.07) is 5.80. The summed E-state index contributed by atoms with van der Waals surface area (Å²) in [5, 5.41) is 25.5. The van der Waals surface area contributed by atoms with Crippen LogP contribution in [0, 0.1) is 31.4 Å². The fraction of sp³-hybridized carbons (Fsp3) is 0.387. The van der Waals surface area contributed by atoms with Crippen LogP contribution in [0.5, 0.6) is 0 Å². The van der Waals surface area contributed by atoms with Gasteiger partial charge in [0.2, 0.25) is 5.91 Å². The topological polar surface area (TPSA) is 119 Å². The summed E-state index contributed by atoms with van der Waals surface area (Å²) in [5.41, 5.74) is 2.36. The van der Waals surface area contributed by atoms with Crippen LogP contribution in [0.15, 0.2) is 53.2 Å². The Morgan fingerprint density at radius 2 is 1.71 bits per heavy atom. The average molecular weight is 604 g/mol. The van der Waals surface area contributed by atoms with Crippen molar-refractivity contribution in [3.05, 3.63) is 81.5 Å². The highest BCUT2D eigenvalue weighted by molar-refractivity contribution is 6.31. The first-order valence-corrected chi connectivity index (χ1v) is 13.9. The third kappa shape index (κ3) is 8.17. The zero-order valence-corrected chi connectivity index (χ0v) is 24.9. The molecule has 0 saturated carbocycles. The van der Waals surface area contributed by atoms with Crippen LogP contribution in [0.25, 0.3) is 11.1 Å². The fourth-order valence-electron chi connectivity index (χ4n) is 5.13. The Labute approximate surface area is 249 Å². The summed E-state index contributed by atoms with van der Waals surface area (Å²) < 4.78 is 30.0. The van der Waals surface area contributed by atoms with Gasteiger partial charge in [-0.25, -0.2) is 8.78 Å². The monoisotopic (exact) mass is 603 g/mol. The van der Waals surface area contributed by atoms with Crippen LogP contribution in [0.2, 0.25) is 0 Å². The first-order valence-electron chi connectivity index (χ1n) is 13.5. The first kappa shape index (κ1) is 32.8. The number of carboxylic acid groups (broad SMARTS) is 1. The number of halogens is 3. The van der Waals surface area contributed by atoms with E-state index in [0.29, 0.717) is 17.5 Å². The van der Waals surface area contributed by atoms with Gasteiger partial charge in [0.15, 0.2) is 17.9 Å². The number of aryl methyl sites for hydroxylation is 2. The number of amides is 2. The normalized spacial score (nSPS) is 16.4. The number of hydrogen-bond acceptors (Lipinski definition) is 5. The Morgan fingerprint density at radius 1 is 1.07 bits per heavy atom. The van der Waals surface area contributed by atoms with E-state index in [9.17, 15) is 29.0 Å². The Kier molecular flexibility index (Phi) is 10.9. The zero-order chi connectivity index (χ0) is 31.3. The Hall–Kier alpha value is -3.76. The number of rotatable bonds is 11. The van der Waals surface area contributed by atoms with E-state index in [1.54, 1.807) is 7.05 Å². The number of carboxylic acids is 1. The quantitative estimate of drug-likeness (QED) is 0.285. The first-order chi connectivity index (χ1) is 19.7. The number of nitrogens with zero attached hydrogens (tertiary/aromatic N) is 1. The van der Waals surface area contributed by atoms with Crippen molar-refractivity contribution in [1.82, 2.24) is 15.5 Å². The lowest BCUT2D eigenvalue weighted by Crippen LogP contribution is -2.45. The second kappa shape index (κ2) is 13.9. The molecule has 0 fully saturated rings. The molecule has 226 valence electrons. The fourth-order valence-corrected chi connectivity index (χ4v) is 5.40. The summed E-state index contributed by atoms with van der Waals surface area (Å²) in [6.07, 6.45) is 0.943. The number of allylic oxidation sites excluding steroid dienone is 2. The minimum absolute atomic E-state index is 0.0104. The number of aliphatic hydroxyl groups excluding tert-OH is 1. The number of nitrogens with one attached hydrogen (secondary N) is 2. The van der Waals surface area contributed by atoms with Crippen LogP contribution in [-0.4, -0.2) is 52.2 Å². The lowest BCUT2D eigenvalue weighted by atomic mass is 9.92. The number of carbonyl (C=O) groups excluding carboxylic acids is 2. The largest absolute Gasteiger partial charge is 0.481 e. The minimum Gasteiger partial charge on any atom is -0.481 e. The highest BCUT2D eigenvalue weighted by Crippen LogP contribution is 2.33. The number of carbonyl (C=O) groups is 3. The van der Waals surface area contributed by atoms with Gasteiger partial charge in [0.25, 0.3) is 5.91 Å². The van der Waals surface area contributed by atoms with Gasteiger partial charge in [0, 0.05) is 31.3 Å². The summed E-state index contributed by atoms with van der Waals surface area (Å²) in [7, 11) is 1.55. The van der Waals surface area contributed by atoms with Gasteiger partial charge in [-0.1, -0.05) is 43.6 Å². The van der Waals surface area contributed by atoms with Gasteiger partial charge < -0.3 is 25.7 Å². The molecule has 0 aliphatic carbocycles. The average Bonchev–Trinajstić information content (AvgIpc) is 2.86. The molecular formula is C31H36ClF2N3O5. The molecule has 8 nitrogen and oxygen atoms in total. The molecule has 0 radical (unpaired) electrons. The van der Waals surface area contributed by atoms with E-state index >= 15 is 4.39 Å². The number of aliphatic hydroxyl groups is 1. The molecule has 4 N–H and O–H groups in total. The third-order valence-electron chi connectivity index (χ3n) is 6.98. The van der Waals surface area contributed by atoms with Gasteiger partial charge in [0.05, 0.1) is 23.1 Å². The maximum Gasteiger partial charge on any atom is 0.305 e. The van der Waals surface area contributed by atoms with Gasteiger partial charge >= 0.3 is 5.97 Å². The van der Waals surface area contributed by atoms with Gasteiger partial charge in [-0.15, -0.1) is 0 Å². The maximum absolute atomic E-state index is 15.1.